The number of carbonyl (C=O) groups excluding carboxylic acids is 1. The molecule has 98 valence electrons. The van der Waals surface area contributed by atoms with Crippen LogP contribution in [0.5, 0.6) is 0 Å². The van der Waals surface area contributed by atoms with E-state index >= 15 is 0 Å². The van der Waals surface area contributed by atoms with E-state index in [2.05, 4.69) is 10.6 Å². The van der Waals surface area contributed by atoms with Crippen LogP contribution in [0.1, 0.15) is 6.92 Å². The molecule has 1 atom stereocenters. The van der Waals surface area contributed by atoms with Gasteiger partial charge in [-0.25, -0.2) is 13.6 Å². The normalized spacial score (nSPS) is 11.7. The summed E-state index contributed by atoms with van der Waals surface area (Å²) in [4.78, 5) is 21.8. The van der Waals surface area contributed by atoms with Crippen LogP contribution in [0, 0.1) is 17.6 Å². The summed E-state index contributed by atoms with van der Waals surface area (Å²) in [6, 6.07) is 1.95. The standard InChI is InChI=1S/C11H12F2N2O3/c1-6(10(16)17)5-14-11(18)15-9-3-2-7(12)4-8(9)13/h2-4,6H,5H2,1H3,(H,16,17)(H2,14,15,18). The van der Waals surface area contributed by atoms with E-state index in [1.165, 1.54) is 6.92 Å². The molecule has 0 heterocycles. The van der Waals surface area contributed by atoms with Gasteiger partial charge in [-0.15, -0.1) is 0 Å². The SMILES string of the molecule is CC(CNC(=O)Nc1ccc(F)cc1F)C(=O)O. The lowest BCUT2D eigenvalue weighted by atomic mass is 10.2. The highest BCUT2D eigenvalue weighted by atomic mass is 19.1. The van der Waals surface area contributed by atoms with Gasteiger partial charge in [-0.05, 0) is 12.1 Å². The molecular weight excluding hydrogens is 246 g/mol. The lowest BCUT2D eigenvalue weighted by Gasteiger charge is -2.10. The van der Waals surface area contributed by atoms with Gasteiger partial charge in [0.2, 0.25) is 0 Å². The van der Waals surface area contributed by atoms with Crippen molar-refractivity contribution in [3.05, 3.63) is 29.8 Å². The first-order valence-corrected chi connectivity index (χ1v) is 5.13. The van der Waals surface area contributed by atoms with E-state index in [1.54, 1.807) is 0 Å². The van der Waals surface area contributed by atoms with Crippen molar-refractivity contribution in [2.24, 2.45) is 5.92 Å². The zero-order chi connectivity index (χ0) is 13.7. The van der Waals surface area contributed by atoms with Gasteiger partial charge in [0.05, 0.1) is 11.6 Å². The quantitative estimate of drug-likeness (QED) is 0.770. The Balaban J connectivity index is 2.52. The minimum atomic E-state index is -1.05. The summed E-state index contributed by atoms with van der Waals surface area (Å²) in [5.41, 5.74) is -0.183. The molecule has 0 saturated carbocycles. The zero-order valence-electron chi connectivity index (χ0n) is 9.54. The molecule has 5 nitrogen and oxygen atoms in total. The Kier molecular flexibility index (Phi) is 4.59. The van der Waals surface area contributed by atoms with Crippen LogP contribution >= 0.6 is 0 Å². The molecule has 1 aromatic rings. The number of hydrogen-bond acceptors (Lipinski definition) is 2. The molecule has 0 spiro atoms. The summed E-state index contributed by atoms with van der Waals surface area (Å²) in [6.07, 6.45) is 0. The number of benzene rings is 1. The molecule has 1 aromatic carbocycles. The van der Waals surface area contributed by atoms with Gasteiger partial charge >= 0.3 is 12.0 Å². The molecule has 18 heavy (non-hydrogen) atoms. The maximum atomic E-state index is 13.2. The van der Waals surface area contributed by atoms with Gasteiger partial charge in [0.25, 0.3) is 0 Å². The number of carboxylic acid groups (broad SMARTS) is 1. The zero-order valence-corrected chi connectivity index (χ0v) is 9.54. The fourth-order valence-corrected chi connectivity index (χ4v) is 1.09. The summed E-state index contributed by atoms with van der Waals surface area (Å²) < 4.78 is 25.8. The highest BCUT2D eigenvalue weighted by Crippen LogP contribution is 2.14. The second-order valence-corrected chi connectivity index (χ2v) is 3.70. The van der Waals surface area contributed by atoms with Crippen LogP contribution in [-0.4, -0.2) is 23.7 Å². The van der Waals surface area contributed by atoms with Crippen LogP contribution in [0.2, 0.25) is 0 Å². The molecule has 0 aliphatic carbocycles. The van der Waals surface area contributed by atoms with E-state index in [4.69, 9.17) is 5.11 Å². The summed E-state index contributed by atoms with van der Waals surface area (Å²) in [5.74, 6) is -3.47. The summed E-state index contributed by atoms with van der Waals surface area (Å²) >= 11 is 0. The molecule has 0 fully saturated rings. The lowest BCUT2D eigenvalue weighted by molar-refractivity contribution is -0.140. The van der Waals surface area contributed by atoms with E-state index < -0.39 is 29.6 Å². The Labute approximate surface area is 102 Å². The minimum absolute atomic E-state index is 0.0933. The molecule has 0 aliphatic rings. The summed E-state index contributed by atoms with van der Waals surface area (Å²) in [5, 5.41) is 13.0. The Hall–Kier alpha value is -2.18. The van der Waals surface area contributed by atoms with Crippen molar-refractivity contribution in [3.63, 3.8) is 0 Å². The van der Waals surface area contributed by atoms with Crippen molar-refractivity contribution in [3.8, 4) is 0 Å². The molecule has 0 aromatic heterocycles. The Morgan fingerprint density at radius 2 is 2.06 bits per heavy atom. The fourth-order valence-electron chi connectivity index (χ4n) is 1.09. The molecule has 7 heteroatoms. The van der Waals surface area contributed by atoms with Crippen LogP contribution in [0.25, 0.3) is 0 Å². The first-order valence-electron chi connectivity index (χ1n) is 5.13. The average molecular weight is 258 g/mol. The van der Waals surface area contributed by atoms with Gasteiger partial charge in [-0.2, -0.15) is 0 Å². The second kappa shape index (κ2) is 5.95. The number of hydrogen-bond donors (Lipinski definition) is 3. The van der Waals surface area contributed by atoms with Crippen molar-refractivity contribution in [2.45, 2.75) is 6.92 Å². The van der Waals surface area contributed by atoms with E-state index in [0.29, 0.717) is 6.07 Å². The molecule has 0 radical (unpaired) electrons. The third-order valence-electron chi connectivity index (χ3n) is 2.17. The molecule has 0 aliphatic heterocycles. The summed E-state index contributed by atoms with van der Waals surface area (Å²) in [7, 11) is 0. The molecular formula is C11H12F2N2O3. The van der Waals surface area contributed by atoms with Gasteiger partial charge in [0.1, 0.15) is 11.6 Å². The number of carboxylic acids is 1. The molecule has 1 unspecified atom stereocenters. The summed E-state index contributed by atoms with van der Waals surface area (Å²) in [6.45, 7) is 1.32. The number of anilines is 1. The number of amides is 2. The van der Waals surface area contributed by atoms with Crippen molar-refractivity contribution in [1.29, 1.82) is 0 Å². The fraction of sp³-hybridized carbons (Fsp3) is 0.273. The highest BCUT2D eigenvalue weighted by molar-refractivity contribution is 5.89. The smallest absolute Gasteiger partial charge is 0.319 e. The lowest BCUT2D eigenvalue weighted by Crippen LogP contribution is -2.34. The number of carbonyl (C=O) groups is 2. The average Bonchev–Trinajstić information content (AvgIpc) is 2.29. The maximum absolute atomic E-state index is 13.2. The second-order valence-electron chi connectivity index (χ2n) is 3.70. The number of halogens is 2. The van der Waals surface area contributed by atoms with Gasteiger partial charge in [-0.3, -0.25) is 4.79 Å². The van der Waals surface area contributed by atoms with Crippen LogP contribution < -0.4 is 10.6 Å². The number of aliphatic carboxylic acids is 1. The third-order valence-corrected chi connectivity index (χ3v) is 2.17. The molecule has 0 saturated heterocycles. The van der Waals surface area contributed by atoms with Crippen LogP contribution in [0.4, 0.5) is 19.3 Å². The number of nitrogens with one attached hydrogen (secondary N) is 2. The molecule has 1 rings (SSSR count). The van der Waals surface area contributed by atoms with Crippen molar-refractivity contribution >= 4 is 17.7 Å². The third kappa shape index (κ3) is 4.00. The Bertz CT molecular complexity index is 466. The first kappa shape index (κ1) is 13.9. The minimum Gasteiger partial charge on any atom is -0.481 e. The Morgan fingerprint density at radius 1 is 1.39 bits per heavy atom. The van der Waals surface area contributed by atoms with Crippen LogP contribution in [0.3, 0.4) is 0 Å². The van der Waals surface area contributed by atoms with Crippen molar-refractivity contribution < 1.29 is 23.5 Å². The predicted molar refractivity (Wildman–Crippen MR) is 60.2 cm³/mol. The first-order chi connectivity index (χ1) is 8.40. The number of rotatable bonds is 4. The van der Waals surface area contributed by atoms with E-state index in [1.807, 2.05) is 0 Å². The van der Waals surface area contributed by atoms with E-state index in [-0.39, 0.29) is 12.2 Å². The van der Waals surface area contributed by atoms with Gasteiger partial charge in [0, 0.05) is 12.6 Å². The van der Waals surface area contributed by atoms with Crippen molar-refractivity contribution in [1.82, 2.24) is 5.32 Å². The van der Waals surface area contributed by atoms with Crippen molar-refractivity contribution in [2.75, 3.05) is 11.9 Å². The molecule has 2 amide bonds. The Morgan fingerprint density at radius 3 is 2.61 bits per heavy atom. The van der Waals surface area contributed by atoms with E-state index in [9.17, 15) is 18.4 Å². The topological polar surface area (TPSA) is 78.4 Å². The molecule has 0 bridgehead atoms. The van der Waals surface area contributed by atoms with Gasteiger partial charge < -0.3 is 15.7 Å². The van der Waals surface area contributed by atoms with Gasteiger partial charge in [-0.1, -0.05) is 6.92 Å². The monoisotopic (exact) mass is 258 g/mol. The van der Waals surface area contributed by atoms with E-state index in [0.717, 1.165) is 12.1 Å². The predicted octanol–water partition coefficient (Wildman–Crippen LogP) is 1.81. The molecule has 3 N–H and O–H groups in total. The van der Waals surface area contributed by atoms with Gasteiger partial charge in [0.15, 0.2) is 0 Å². The van der Waals surface area contributed by atoms with Crippen LogP contribution in [0.15, 0.2) is 18.2 Å². The van der Waals surface area contributed by atoms with Crippen LogP contribution in [-0.2, 0) is 4.79 Å². The highest BCUT2D eigenvalue weighted by Gasteiger charge is 2.13. The maximum Gasteiger partial charge on any atom is 0.319 e. The number of urea groups is 1. The largest absolute Gasteiger partial charge is 0.481 e.